The Kier molecular flexibility index (Phi) is 5.63. The van der Waals surface area contributed by atoms with E-state index in [4.69, 9.17) is 5.26 Å². The molecule has 0 unspecified atom stereocenters. The number of ether oxygens (including phenoxy) is 1. The highest BCUT2D eigenvalue weighted by atomic mass is 16.5. The van der Waals surface area contributed by atoms with E-state index in [2.05, 4.69) is 20.4 Å². The predicted octanol–water partition coefficient (Wildman–Crippen LogP) is 3.74. The summed E-state index contributed by atoms with van der Waals surface area (Å²) in [5.41, 5.74) is 3.14. The fourth-order valence-electron chi connectivity index (χ4n) is 2.48. The van der Waals surface area contributed by atoms with Gasteiger partial charge in [-0.2, -0.15) is 5.26 Å². The third-order valence-electron chi connectivity index (χ3n) is 3.84. The Hall–Kier alpha value is -4.18. The first kappa shape index (κ1) is 18.6. The minimum absolute atomic E-state index is 0.340. The van der Waals surface area contributed by atoms with Gasteiger partial charge in [0.2, 0.25) is 0 Å². The molecule has 0 aliphatic rings. The van der Waals surface area contributed by atoms with Gasteiger partial charge in [-0.15, -0.1) is 0 Å². The molecule has 3 rings (SSSR count). The lowest BCUT2D eigenvalue weighted by Crippen LogP contribution is -2.12. The van der Waals surface area contributed by atoms with E-state index in [0.717, 1.165) is 5.69 Å². The maximum atomic E-state index is 12.5. The van der Waals surface area contributed by atoms with Gasteiger partial charge in [0.1, 0.15) is 0 Å². The van der Waals surface area contributed by atoms with E-state index >= 15 is 0 Å². The second-order valence-electron chi connectivity index (χ2n) is 5.80. The minimum Gasteiger partial charge on any atom is -0.465 e. The Bertz CT molecular complexity index is 1060. The van der Waals surface area contributed by atoms with Crippen LogP contribution in [0.15, 0.2) is 67.0 Å². The van der Waals surface area contributed by atoms with Crippen LogP contribution >= 0.6 is 0 Å². The molecule has 2 N–H and O–H groups in total. The number of nitrogens with one attached hydrogen (secondary N) is 2. The molecule has 7 heteroatoms. The smallest absolute Gasteiger partial charge is 0.337 e. The molecule has 138 valence electrons. The first-order valence-electron chi connectivity index (χ1n) is 8.31. The molecule has 0 fully saturated rings. The van der Waals surface area contributed by atoms with E-state index in [-0.39, 0.29) is 5.91 Å². The molecule has 3 aromatic rings. The van der Waals surface area contributed by atoms with Crippen molar-refractivity contribution in [1.82, 2.24) is 4.98 Å². The molecule has 1 heterocycles. The Morgan fingerprint density at radius 3 is 2.46 bits per heavy atom. The van der Waals surface area contributed by atoms with Gasteiger partial charge in [-0.25, -0.2) is 4.79 Å². The van der Waals surface area contributed by atoms with Gasteiger partial charge < -0.3 is 15.4 Å². The number of amides is 1. The van der Waals surface area contributed by atoms with E-state index < -0.39 is 5.97 Å². The van der Waals surface area contributed by atoms with E-state index in [1.54, 1.807) is 60.8 Å². The van der Waals surface area contributed by atoms with Crippen LogP contribution in [0.25, 0.3) is 0 Å². The molecule has 0 atom stereocenters. The summed E-state index contributed by atoms with van der Waals surface area (Å²) in [7, 11) is 1.33. The zero-order valence-electron chi connectivity index (χ0n) is 15.0. The van der Waals surface area contributed by atoms with Gasteiger partial charge in [0, 0.05) is 17.6 Å². The van der Waals surface area contributed by atoms with Gasteiger partial charge in [-0.3, -0.25) is 9.78 Å². The SMILES string of the molecule is COC(=O)c1ccc(Nc2cncc(C(=O)Nc3cccc(C#N)c3)c2)cc1. The average Bonchev–Trinajstić information content (AvgIpc) is 2.74. The molecular weight excluding hydrogens is 356 g/mol. The Labute approximate surface area is 161 Å². The molecule has 0 aliphatic carbocycles. The summed E-state index contributed by atoms with van der Waals surface area (Å²) in [4.78, 5) is 28.0. The lowest BCUT2D eigenvalue weighted by molar-refractivity contribution is 0.0600. The number of aromatic nitrogens is 1. The molecule has 1 amide bonds. The van der Waals surface area contributed by atoms with Crippen molar-refractivity contribution in [2.75, 3.05) is 17.7 Å². The molecule has 0 aliphatic heterocycles. The maximum absolute atomic E-state index is 12.5. The average molecular weight is 372 g/mol. The van der Waals surface area contributed by atoms with Crippen molar-refractivity contribution in [1.29, 1.82) is 5.26 Å². The summed E-state index contributed by atoms with van der Waals surface area (Å²) in [6, 6.07) is 17.1. The van der Waals surface area contributed by atoms with Gasteiger partial charge >= 0.3 is 5.97 Å². The number of pyridine rings is 1. The van der Waals surface area contributed by atoms with Crippen LogP contribution in [0.4, 0.5) is 17.1 Å². The lowest BCUT2D eigenvalue weighted by Gasteiger charge is -2.09. The molecule has 0 bridgehead atoms. The summed E-state index contributed by atoms with van der Waals surface area (Å²) in [6.45, 7) is 0. The summed E-state index contributed by atoms with van der Waals surface area (Å²) in [6.07, 6.45) is 3.04. The van der Waals surface area contributed by atoms with Crippen molar-refractivity contribution < 1.29 is 14.3 Å². The Morgan fingerprint density at radius 2 is 1.75 bits per heavy atom. The van der Waals surface area contributed by atoms with Crippen molar-refractivity contribution in [3.8, 4) is 6.07 Å². The van der Waals surface area contributed by atoms with Crippen LogP contribution in [0.2, 0.25) is 0 Å². The van der Waals surface area contributed by atoms with E-state index in [9.17, 15) is 9.59 Å². The van der Waals surface area contributed by atoms with Gasteiger partial charge in [-0.05, 0) is 48.5 Å². The number of methoxy groups -OCH3 is 1. The molecule has 28 heavy (non-hydrogen) atoms. The Balaban J connectivity index is 1.72. The van der Waals surface area contributed by atoms with E-state index in [1.807, 2.05) is 6.07 Å². The van der Waals surface area contributed by atoms with Crippen molar-refractivity contribution in [2.24, 2.45) is 0 Å². The second-order valence-corrected chi connectivity index (χ2v) is 5.80. The topological polar surface area (TPSA) is 104 Å². The number of nitriles is 1. The van der Waals surface area contributed by atoms with Gasteiger partial charge in [0.25, 0.3) is 5.91 Å². The number of carbonyl (C=O) groups is 2. The lowest BCUT2D eigenvalue weighted by atomic mass is 10.2. The van der Waals surface area contributed by atoms with Crippen LogP contribution in [-0.4, -0.2) is 24.0 Å². The number of esters is 1. The van der Waals surface area contributed by atoms with Crippen LogP contribution in [0.3, 0.4) is 0 Å². The standard InChI is InChI=1S/C21H16N4O3/c1-28-21(27)15-5-7-17(8-6-15)24-19-10-16(12-23-13-19)20(26)25-18-4-2-3-14(9-18)11-22/h2-10,12-13,24H,1H3,(H,25,26). The number of anilines is 3. The fourth-order valence-corrected chi connectivity index (χ4v) is 2.48. The van der Waals surface area contributed by atoms with Crippen LogP contribution in [0.5, 0.6) is 0 Å². The number of benzene rings is 2. The normalized spacial score (nSPS) is 9.86. The highest BCUT2D eigenvalue weighted by molar-refractivity contribution is 6.04. The molecule has 0 radical (unpaired) electrons. The summed E-state index contributed by atoms with van der Waals surface area (Å²) < 4.78 is 4.67. The third-order valence-corrected chi connectivity index (χ3v) is 3.84. The number of hydrogen-bond acceptors (Lipinski definition) is 6. The molecule has 1 aromatic heterocycles. The fraction of sp³-hybridized carbons (Fsp3) is 0.0476. The van der Waals surface area contributed by atoms with Gasteiger partial charge in [-0.1, -0.05) is 6.07 Å². The minimum atomic E-state index is -0.410. The monoisotopic (exact) mass is 372 g/mol. The van der Waals surface area contributed by atoms with Crippen LogP contribution < -0.4 is 10.6 Å². The zero-order chi connectivity index (χ0) is 19.9. The first-order chi connectivity index (χ1) is 13.6. The molecular formula is C21H16N4O3. The van der Waals surface area contributed by atoms with Crippen molar-refractivity contribution in [3.05, 3.63) is 83.7 Å². The Morgan fingerprint density at radius 1 is 0.964 bits per heavy atom. The van der Waals surface area contributed by atoms with Gasteiger partial charge in [0.05, 0.1) is 41.8 Å². The van der Waals surface area contributed by atoms with Gasteiger partial charge in [0.15, 0.2) is 0 Å². The first-order valence-corrected chi connectivity index (χ1v) is 8.31. The molecule has 0 saturated heterocycles. The molecule has 2 aromatic carbocycles. The highest BCUT2D eigenvalue weighted by Gasteiger charge is 2.09. The number of carbonyl (C=O) groups excluding carboxylic acids is 2. The molecule has 0 saturated carbocycles. The second kappa shape index (κ2) is 8.47. The quantitative estimate of drug-likeness (QED) is 0.661. The molecule has 0 spiro atoms. The zero-order valence-corrected chi connectivity index (χ0v) is 15.0. The number of hydrogen-bond donors (Lipinski definition) is 2. The summed E-state index contributed by atoms with van der Waals surface area (Å²) in [5, 5.41) is 14.8. The summed E-state index contributed by atoms with van der Waals surface area (Å²) >= 11 is 0. The van der Waals surface area contributed by atoms with Crippen molar-refractivity contribution >= 4 is 28.9 Å². The van der Waals surface area contributed by atoms with Crippen molar-refractivity contribution in [3.63, 3.8) is 0 Å². The third kappa shape index (κ3) is 4.51. The van der Waals surface area contributed by atoms with Crippen LogP contribution in [-0.2, 0) is 4.74 Å². The number of nitrogens with zero attached hydrogens (tertiary/aromatic N) is 2. The molecule has 7 nitrogen and oxygen atoms in total. The van der Waals surface area contributed by atoms with Crippen molar-refractivity contribution in [2.45, 2.75) is 0 Å². The number of rotatable bonds is 5. The highest BCUT2D eigenvalue weighted by Crippen LogP contribution is 2.19. The van der Waals surface area contributed by atoms with Crippen LogP contribution in [0.1, 0.15) is 26.3 Å². The van der Waals surface area contributed by atoms with E-state index in [1.165, 1.54) is 13.3 Å². The van der Waals surface area contributed by atoms with Crippen LogP contribution in [0, 0.1) is 11.3 Å². The maximum Gasteiger partial charge on any atom is 0.337 e. The van der Waals surface area contributed by atoms with E-state index in [0.29, 0.717) is 28.1 Å². The summed E-state index contributed by atoms with van der Waals surface area (Å²) in [5.74, 6) is -0.750. The largest absolute Gasteiger partial charge is 0.465 e. The predicted molar refractivity (Wildman–Crippen MR) is 104 cm³/mol.